The molecule has 0 radical (unpaired) electrons. The molecule has 1 saturated heterocycles. The summed E-state index contributed by atoms with van der Waals surface area (Å²) < 4.78 is 2.26. The van der Waals surface area contributed by atoms with Crippen molar-refractivity contribution in [3.63, 3.8) is 0 Å². The topological polar surface area (TPSA) is 63.0 Å². The van der Waals surface area contributed by atoms with E-state index in [0.29, 0.717) is 5.92 Å². The van der Waals surface area contributed by atoms with Crippen molar-refractivity contribution in [2.45, 2.75) is 31.8 Å². The summed E-state index contributed by atoms with van der Waals surface area (Å²) in [5, 5.41) is 9.94. The van der Waals surface area contributed by atoms with Gasteiger partial charge in [0.1, 0.15) is 18.0 Å². The number of anilines is 1. The van der Waals surface area contributed by atoms with E-state index in [0.717, 1.165) is 67.2 Å². The molecular weight excluding hydrogens is 374 g/mol. The highest BCUT2D eigenvalue weighted by Crippen LogP contribution is 2.33. The fraction of sp³-hybridized carbons (Fsp3) is 0.400. The zero-order valence-corrected chi connectivity index (χ0v) is 16.5. The maximum Gasteiger partial charge on any atom is 0.151 e. The van der Waals surface area contributed by atoms with Crippen LogP contribution in [0.25, 0.3) is 5.69 Å². The Bertz CT molecular complexity index is 979. The fourth-order valence-corrected chi connectivity index (χ4v) is 4.48. The lowest BCUT2D eigenvalue weighted by atomic mass is 9.95. The average molecular weight is 396 g/mol. The van der Waals surface area contributed by atoms with Crippen LogP contribution in [-0.4, -0.2) is 49.8 Å². The molecular formula is C20H22ClN7. The predicted octanol–water partition coefficient (Wildman–Crippen LogP) is 3.04. The Morgan fingerprint density at radius 1 is 1.07 bits per heavy atom. The second-order valence-electron chi connectivity index (χ2n) is 7.58. The zero-order chi connectivity index (χ0) is 19.1. The highest BCUT2D eigenvalue weighted by Gasteiger charge is 2.29. The van der Waals surface area contributed by atoms with Crippen LogP contribution in [0.2, 0.25) is 5.02 Å². The molecule has 0 bridgehead atoms. The smallest absolute Gasteiger partial charge is 0.151 e. The quantitative estimate of drug-likeness (QED) is 0.664. The number of hydrogen-bond donors (Lipinski definition) is 0. The summed E-state index contributed by atoms with van der Waals surface area (Å²) in [6.45, 7) is 3.54. The van der Waals surface area contributed by atoms with Crippen LogP contribution in [0, 0.1) is 0 Å². The first kappa shape index (κ1) is 17.6. The molecule has 2 aliphatic rings. The second kappa shape index (κ2) is 7.14. The Morgan fingerprint density at radius 2 is 1.93 bits per heavy atom. The van der Waals surface area contributed by atoms with Gasteiger partial charge in [-0.25, -0.2) is 9.97 Å². The standard InChI is InChI=1S/C20H22ClN7/c1-26-11-15-10-16(21)2-3-17(15)28-19(12-26)24-25-20(28)14-5-8-27(9-6-14)18-4-7-22-13-23-18/h2-4,7,10,13-14H,5-6,8-9,11-12H2,1H3. The predicted molar refractivity (Wildman–Crippen MR) is 108 cm³/mol. The summed E-state index contributed by atoms with van der Waals surface area (Å²) in [4.78, 5) is 13.0. The number of fused-ring (bicyclic) bond motifs is 3. The molecule has 28 heavy (non-hydrogen) atoms. The Kier molecular flexibility index (Phi) is 4.49. The van der Waals surface area contributed by atoms with Gasteiger partial charge in [-0.05, 0) is 49.7 Å². The van der Waals surface area contributed by atoms with Gasteiger partial charge in [0.2, 0.25) is 0 Å². The third-order valence-corrected chi connectivity index (χ3v) is 5.87. The van der Waals surface area contributed by atoms with Crippen molar-refractivity contribution < 1.29 is 0 Å². The molecule has 0 atom stereocenters. The molecule has 3 aromatic rings. The molecule has 2 aromatic heterocycles. The first-order valence-corrected chi connectivity index (χ1v) is 9.99. The SMILES string of the molecule is CN1Cc2cc(Cl)ccc2-n2c(nnc2C2CCN(c3ccncn3)CC2)C1. The maximum absolute atomic E-state index is 6.27. The number of nitrogens with zero attached hydrogens (tertiary/aromatic N) is 7. The van der Waals surface area contributed by atoms with Gasteiger partial charge in [0.25, 0.3) is 0 Å². The Balaban J connectivity index is 1.45. The van der Waals surface area contributed by atoms with Crippen LogP contribution in [0.4, 0.5) is 5.82 Å². The molecule has 0 aliphatic carbocycles. The van der Waals surface area contributed by atoms with Crippen LogP contribution in [0.3, 0.4) is 0 Å². The number of piperidine rings is 1. The van der Waals surface area contributed by atoms with Crippen LogP contribution >= 0.6 is 11.6 Å². The zero-order valence-electron chi connectivity index (χ0n) is 15.8. The van der Waals surface area contributed by atoms with Gasteiger partial charge < -0.3 is 4.90 Å². The lowest BCUT2D eigenvalue weighted by Gasteiger charge is -2.32. The summed E-state index contributed by atoms with van der Waals surface area (Å²) in [7, 11) is 2.11. The van der Waals surface area contributed by atoms with Crippen molar-refractivity contribution in [3.05, 3.63) is 59.0 Å². The lowest BCUT2D eigenvalue weighted by Crippen LogP contribution is -2.34. The molecule has 5 rings (SSSR count). The molecule has 0 N–H and O–H groups in total. The summed E-state index contributed by atoms with van der Waals surface area (Å²) in [6, 6.07) is 8.09. The molecule has 144 valence electrons. The van der Waals surface area contributed by atoms with Crippen molar-refractivity contribution in [1.29, 1.82) is 0 Å². The van der Waals surface area contributed by atoms with Crippen LogP contribution in [0.1, 0.15) is 36.0 Å². The van der Waals surface area contributed by atoms with Gasteiger partial charge in [-0.2, -0.15) is 0 Å². The summed E-state index contributed by atoms with van der Waals surface area (Å²) in [6.07, 6.45) is 5.46. The number of aromatic nitrogens is 5. The van der Waals surface area contributed by atoms with Gasteiger partial charge >= 0.3 is 0 Å². The molecule has 1 aromatic carbocycles. The first-order chi connectivity index (χ1) is 13.7. The normalized spacial score (nSPS) is 17.9. The van der Waals surface area contributed by atoms with E-state index in [-0.39, 0.29) is 0 Å². The Morgan fingerprint density at radius 3 is 2.71 bits per heavy atom. The van der Waals surface area contributed by atoms with E-state index >= 15 is 0 Å². The monoisotopic (exact) mass is 395 g/mol. The first-order valence-electron chi connectivity index (χ1n) is 9.61. The molecule has 4 heterocycles. The largest absolute Gasteiger partial charge is 0.356 e. The fourth-order valence-electron chi connectivity index (χ4n) is 4.28. The summed E-state index contributed by atoms with van der Waals surface area (Å²) in [5.74, 6) is 3.44. The molecule has 7 nitrogen and oxygen atoms in total. The van der Waals surface area contributed by atoms with Crippen molar-refractivity contribution in [1.82, 2.24) is 29.6 Å². The van der Waals surface area contributed by atoms with Gasteiger partial charge in [0, 0.05) is 36.8 Å². The Hall–Kier alpha value is -2.51. The molecule has 1 fully saturated rings. The highest BCUT2D eigenvalue weighted by atomic mass is 35.5. The molecule has 8 heteroatoms. The van der Waals surface area contributed by atoms with Crippen LogP contribution in [0.5, 0.6) is 0 Å². The van der Waals surface area contributed by atoms with Gasteiger partial charge in [-0.3, -0.25) is 9.47 Å². The van der Waals surface area contributed by atoms with E-state index in [1.54, 1.807) is 12.5 Å². The van der Waals surface area contributed by atoms with Gasteiger partial charge in [-0.15, -0.1) is 10.2 Å². The third-order valence-electron chi connectivity index (χ3n) is 5.64. The second-order valence-corrected chi connectivity index (χ2v) is 8.02. The number of rotatable bonds is 2. The minimum atomic E-state index is 0.381. The minimum Gasteiger partial charge on any atom is -0.356 e. The van der Waals surface area contributed by atoms with Gasteiger partial charge in [0.15, 0.2) is 5.82 Å². The maximum atomic E-state index is 6.27. The van der Waals surface area contributed by atoms with Crippen LogP contribution in [0.15, 0.2) is 36.8 Å². The van der Waals surface area contributed by atoms with E-state index in [2.05, 4.69) is 53.7 Å². The van der Waals surface area contributed by atoms with Crippen LogP contribution < -0.4 is 4.90 Å². The van der Waals surface area contributed by atoms with E-state index in [1.165, 1.54) is 5.56 Å². The van der Waals surface area contributed by atoms with Crippen molar-refractivity contribution in [3.8, 4) is 5.69 Å². The van der Waals surface area contributed by atoms with Crippen molar-refractivity contribution >= 4 is 17.4 Å². The third kappa shape index (κ3) is 3.14. The summed E-state index contributed by atoms with van der Waals surface area (Å²) >= 11 is 6.27. The van der Waals surface area contributed by atoms with E-state index < -0.39 is 0 Å². The Labute approximate surface area is 169 Å². The molecule has 0 amide bonds. The molecule has 2 aliphatic heterocycles. The van der Waals surface area contributed by atoms with Gasteiger partial charge in [-0.1, -0.05) is 11.6 Å². The number of benzene rings is 1. The number of hydrogen-bond acceptors (Lipinski definition) is 6. The van der Waals surface area contributed by atoms with Crippen molar-refractivity contribution in [2.75, 3.05) is 25.0 Å². The van der Waals surface area contributed by atoms with Crippen molar-refractivity contribution in [2.24, 2.45) is 0 Å². The molecule has 0 spiro atoms. The number of halogens is 1. The lowest BCUT2D eigenvalue weighted by molar-refractivity contribution is 0.315. The average Bonchev–Trinajstić information content (AvgIpc) is 3.06. The molecule has 0 saturated carbocycles. The van der Waals surface area contributed by atoms with Gasteiger partial charge in [0.05, 0.1) is 12.2 Å². The van der Waals surface area contributed by atoms with Crippen LogP contribution in [-0.2, 0) is 13.1 Å². The van der Waals surface area contributed by atoms with E-state index in [9.17, 15) is 0 Å². The highest BCUT2D eigenvalue weighted by molar-refractivity contribution is 6.30. The molecule has 0 unspecified atom stereocenters. The minimum absolute atomic E-state index is 0.381. The van der Waals surface area contributed by atoms with E-state index in [1.807, 2.05) is 12.1 Å². The summed E-state index contributed by atoms with van der Waals surface area (Å²) in [5.41, 5.74) is 2.37. The van der Waals surface area contributed by atoms with E-state index in [4.69, 9.17) is 11.6 Å².